The first kappa shape index (κ1) is 17.2. The molecule has 0 aliphatic carbocycles. The molecule has 2 heterocycles. The van der Waals surface area contributed by atoms with Crippen molar-refractivity contribution in [1.29, 1.82) is 5.26 Å². The van der Waals surface area contributed by atoms with Gasteiger partial charge in [0.05, 0.1) is 18.4 Å². The van der Waals surface area contributed by atoms with E-state index in [2.05, 4.69) is 28.3 Å². The molecule has 1 N–H and O–H groups in total. The summed E-state index contributed by atoms with van der Waals surface area (Å²) in [6.45, 7) is 3.47. The normalized spacial score (nSPS) is 17.8. The molecular weight excluding hydrogens is 314 g/mol. The second-order valence-corrected chi connectivity index (χ2v) is 6.34. The number of hydrogen-bond acceptors (Lipinski definition) is 4. The minimum atomic E-state index is -0.102. The van der Waals surface area contributed by atoms with E-state index >= 15 is 0 Å². The third-order valence-electron chi connectivity index (χ3n) is 4.72. The van der Waals surface area contributed by atoms with Gasteiger partial charge in [0.1, 0.15) is 11.6 Å². The van der Waals surface area contributed by atoms with Crippen molar-refractivity contribution in [3.05, 3.63) is 42.1 Å². The molecule has 1 fully saturated rings. The fourth-order valence-electron chi connectivity index (χ4n) is 3.40. The molecule has 1 aliphatic rings. The fourth-order valence-corrected chi connectivity index (χ4v) is 3.40. The molecule has 3 rings (SSSR count). The van der Waals surface area contributed by atoms with Crippen molar-refractivity contribution in [1.82, 2.24) is 14.7 Å². The van der Waals surface area contributed by atoms with E-state index in [4.69, 9.17) is 0 Å². The molecule has 1 amide bonds. The number of amides is 1. The first-order chi connectivity index (χ1) is 12.2. The molecular formula is C19H23N5O. The van der Waals surface area contributed by atoms with Crippen LogP contribution in [0.25, 0.3) is 5.69 Å². The van der Waals surface area contributed by atoms with Crippen LogP contribution in [-0.4, -0.2) is 39.7 Å². The molecule has 1 aromatic carbocycles. The molecule has 0 bridgehead atoms. The third kappa shape index (κ3) is 3.89. The molecule has 1 aliphatic heterocycles. The Morgan fingerprint density at radius 2 is 2.16 bits per heavy atom. The molecule has 1 unspecified atom stereocenters. The van der Waals surface area contributed by atoms with E-state index < -0.39 is 0 Å². The number of nitriles is 1. The second-order valence-electron chi connectivity index (χ2n) is 6.34. The summed E-state index contributed by atoms with van der Waals surface area (Å²) in [4.78, 5) is 14.8. The third-order valence-corrected chi connectivity index (χ3v) is 4.72. The molecule has 25 heavy (non-hydrogen) atoms. The Morgan fingerprint density at radius 1 is 1.36 bits per heavy atom. The minimum Gasteiger partial charge on any atom is -0.308 e. The van der Waals surface area contributed by atoms with Gasteiger partial charge in [-0.05, 0) is 37.9 Å². The van der Waals surface area contributed by atoms with Crippen molar-refractivity contribution in [3.8, 4) is 11.8 Å². The maximum Gasteiger partial charge on any atom is 0.239 e. The van der Waals surface area contributed by atoms with Crippen molar-refractivity contribution in [2.24, 2.45) is 0 Å². The van der Waals surface area contributed by atoms with E-state index in [-0.39, 0.29) is 5.91 Å². The van der Waals surface area contributed by atoms with Crippen molar-refractivity contribution in [2.75, 3.05) is 18.4 Å². The van der Waals surface area contributed by atoms with Crippen molar-refractivity contribution in [3.63, 3.8) is 0 Å². The number of carbonyl (C=O) groups excluding carboxylic acids is 1. The number of para-hydroxylation sites is 1. The number of anilines is 1. The number of hydrogen-bond donors (Lipinski definition) is 1. The minimum absolute atomic E-state index is 0.102. The average molecular weight is 337 g/mol. The molecule has 6 nitrogen and oxygen atoms in total. The Kier molecular flexibility index (Phi) is 5.46. The highest BCUT2D eigenvalue weighted by atomic mass is 16.2. The van der Waals surface area contributed by atoms with E-state index in [0.717, 1.165) is 31.5 Å². The number of benzene rings is 1. The quantitative estimate of drug-likeness (QED) is 0.910. The Morgan fingerprint density at radius 3 is 2.88 bits per heavy atom. The zero-order valence-electron chi connectivity index (χ0n) is 14.5. The monoisotopic (exact) mass is 337 g/mol. The molecule has 0 spiro atoms. The SMILES string of the molecule is CCC1CCCCN1CC(=O)Nc1c(C#N)cnn1-c1ccccc1. The molecule has 1 aromatic heterocycles. The number of likely N-dealkylation sites (tertiary alicyclic amines) is 1. The number of aromatic nitrogens is 2. The van der Waals surface area contributed by atoms with Crippen LogP contribution in [0.15, 0.2) is 36.5 Å². The predicted octanol–water partition coefficient (Wildman–Crippen LogP) is 2.95. The zero-order valence-corrected chi connectivity index (χ0v) is 14.5. The summed E-state index contributed by atoms with van der Waals surface area (Å²) < 4.78 is 1.60. The van der Waals surface area contributed by atoms with Crippen LogP contribution in [0.5, 0.6) is 0 Å². The molecule has 1 atom stereocenters. The Bertz CT molecular complexity index is 762. The lowest BCUT2D eigenvalue weighted by Gasteiger charge is -2.34. The fraction of sp³-hybridized carbons (Fsp3) is 0.421. The summed E-state index contributed by atoms with van der Waals surface area (Å²) in [5.74, 6) is 0.332. The number of piperidine rings is 1. The van der Waals surface area contributed by atoms with Gasteiger partial charge in [0.2, 0.25) is 5.91 Å². The van der Waals surface area contributed by atoms with Crippen LogP contribution < -0.4 is 5.32 Å². The zero-order chi connectivity index (χ0) is 17.6. The van der Waals surface area contributed by atoms with Gasteiger partial charge in [0, 0.05) is 6.04 Å². The van der Waals surface area contributed by atoms with Crippen LogP contribution in [0, 0.1) is 11.3 Å². The number of nitrogens with zero attached hydrogens (tertiary/aromatic N) is 4. The molecule has 0 radical (unpaired) electrons. The van der Waals surface area contributed by atoms with Gasteiger partial charge >= 0.3 is 0 Å². The summed E-state index contributed by atoms with van der Waals surface area (Å²) >= 11 is 0. The maximum absolute atomic E-state index is 12.6. The van der Waals surface area contributed by atoms with Gasteiger partial charge in [-0.1, -0.05) is 31.5 Å². The maximum atomic E-state index is 12.6. The van der Waals surface area contributed by atoms with E-state index in [0.29, 0.717) is 24.0 Å². The van der Waals surface area contributed by atoms with Crippen molar-refractivity contribution in [2.45, 2.75) is 38.6 Å². The highest BCUT2D eigenvalue weighted by Crippen LogP contribution is 2.21. The van der Waals surface area contributed by atoms with Gasteiger partial charge in [0.25, 0.3) is 0 Å². The molecule has 1 saturated heterocycles. The molecule has 0 saturated carbocycles. The highest BCUT2D eigenvalue weighted by molar-refractivity contribution is 5.93. The van der Waals surface area contributed by atoms with Crippen LogP contribution in [-0.2, 0) is 4.79 Å². The van der Waals surface area contributed by atoms with Crippen LogP contribution >= 0.6 is 0 Å². The van der Waals surface area contributed by atoms with Gasteiger partial charge in [-0.2, -0.15) is 10.4 Å². The summed E-state index contributed by atoms with van der Waals surface area (Å²) in [6, 6.07) is 12.1. The van der Waals surface area contributed by atoms with Gasteiger partial charge in [0.15, 0.2) is 5.82 Å². The van der Waals surface area contributed by atoms with Crippen LogP contribution in [0.3, 0.4) is 0 Å². The van der Waals surface area contributed by atoms with E-state index in [9.17, 15) is 10.1 Å². The Labute approximate surface area is 148 Å². The van der Waals surface area contributed by atoms with E-state index in [1.807, 2.05) is 30.3 Å². The Balaban J connectivity index is 1.77. The number of carbonyl (C=O) groups is 1. The molecule has 130 valence electrons. The van der Waals surface area contributed by atoms with Gasteiger partial charge < -0.3 is 5.32 Å². The van der Waals surface area contributed by atoms with Crippen LogP contribution in [0.2, 0.25) is 0 Å². The average Bonchev–Trinajstić information content (AvgIpc) is 3.05. The van der Waals surface area contributed by atoms with Crippen molar-refractivity contribution >= 4 is 11.7 Å². The van der Waals surface area contributed by atoms with Gasteiger partial charge in [-0.25, -0.2) is 4.68 Å². The standard InChI is InChI=1S/C19H23N5O/c1-2-16-8-6-7-11-23(16)14-18(25)22-19-15(12-20)13-21-24(19)17-9-4-3-5-10-17/h3-5,9-10,13,16H,2,6-8,11,14H2,1H3,(H,22,25). The summed E-state index contributed by atoms with van der Waals surface area (Å²) in [5, 5.41) is 16.5. The second kappa shape index (κ2) is 7.95. The molecule has 2 aromatic rings. The summed E-state index contributed by atoms with van der Waals surface area (Å²) in [5.41, 5.74) is 1.17. The van der Waals surface area contributed by atoms with Crippen molar-refractivity contribution < 1.29 is 4.79 Å². The van der Waals surface area contributed by atoms with Gasteiger partial charge in [-0.15, -0.1) is 0 Å². The lowest BCUT2D eigenvalue weighted by molar-refractivity contribution is -0.118. The van der Waals surface area contributed by atoms with Crippen LogP contribution in [0.4, 0.5) is 5.82 Å². The highest BCUT2D eigenvalue weighted by Gasteiger charge is 2.24. The Hall–Kier alpha value is -2.65. The number of rotatable bonds is 5. The topological polar surface area (TPSA) is 74.0 Å². The first-order valence-corrected chi connectivity index (χ1v) is 8.80. The summed E-state index contributed by atoms with van der Waals surface area (Å²) in [7, 11) is 0. The summed E-state index contributed by atoms with van der Waals surface area (Å²) in [6.07, 6.45) is 6.05. The lowest BCUT2D eigenvalue weighted by Crippen LogP contribution is -2.43. The first-order valence-electron chi connectivity index (χ1n) is 8.80. The molecule has 6 heteroatoms. The van der Waals surface area contributed by atoms with E-state index in [1.54, 1.807) is 4.68 Å². The largest absolute Gasteiger partial charge is 0.308 e. The smallest absolute Gasteiger partial charge is 0.239 e. The van der Waals surface area contributed by atoms with E-state index in [1.165, 1.54) is 12.6 Å². The predicted molar refractivity (Wildman–Crippen MR) is 96.4 cm³/mol. The number of nitrogens with one attached hydrogen (secondary N) is 1. The van der Waals surface area contributed by atoms with Crippen LogP contribution in [0.1, 0.15) is 38.2 Å². The van der Waals surface area contributed by atoms with Gasteiger partial charge in [-0.3, -0.25) is 9.69 Å². The lowest BCUT2D eigenvalue weighted by atomic mass is 10.0.